The van der Waals surface area contributed by atoms with Crippen LogP contribution in [0.1, 0.15) is 90.4 Å². The first-order valence-corrected chi connectivity index (χ1v) is 8.71. The van der Waals surface area contributed by atoms with Gasteiger partial charge in [-0.25, -0.2) is 0 Å². The Morgan fingerprint density at radius 1 is 0.955 bits per heavy atom. The molecule has 0 fully saturated rings. The smallest absolute Gasteiger partial charge is 0.303 e. The van der Waals surface area contributed by atoms with Crippen LogP contribution in [0.2, 0.25) is 0 Å². The molecule has 0 aromatic rings. The standard InChI is InChI=1S/C18H34O3.Li/c1-2-3-4-11-14-17(19)15-12-9-7-5-6-8-10-13-16-18(20)21;/h9,12,17,19H,2-8,10-11,13-16H2,1H3,(H,20,21);/b12-9+;/t17-;/m1./s1. The molecule has 0 rings (SSSR count). The van der Waals surface area contributed by atoms with E-state index in [4.69, 9.17) is 5.11 Å². The average molecular weight is 305 g/mol. The number of aliphatic carboxylic acids is 1. The Morgan fingerprint density at radius 3 is 2.27 bits per heavy atom. The van der Waals surface area contributed by atoms with Gasteiger partial charge in [-0.1, -0.05) is 64.0 Å². The van der Waals surface area contributed by atoms with E-state index in [1.807, 2.05) is 0 Å². The number of unbranched alkanes of at least 4 members (excludes halogenated alkanes) is 8. The molecule has 1 radical (unpaired) electrons. The summed E-state index contributed by atoms with van der Waals surface area (Å²) in [6.07, 6.45) is 17.4. The summed E-state index contributed by atoms with van der Waals surface area (Å²) in [4.78, 5) is 10.3. The molecule has 0 aromatic carbocycles. The van der Waals surface area contributed by atoms with Gasteiger partial charge in [-0.3, -0.25) is 4.79 Å². The Kier molecular flexibility index (Phi) is 20.5. The number of hydrogen-bond donors (Lipinski definition) is 2. The SMILES string of the molecule is CCCCCC[C@@H](O)C/C=C/CCCCCCCC(=O)O.[Li]. The topological polar surface area (TPSA) is 57.5 Å². The van der Waals surface area contributed by atoms with Crippen LogP contribution in [0, 0.1) is 0 Å². The van der Waals surface area contributed by atoms with Crippen LogP contribution in [0.25, 0.3) is 0 Å². The van der Waals surface area contributed by atoms with Crippen molar-refractivity contribution in [2.45, 2.75) is 96.5 Å². The third-order valence-electron chi connectivity index (χ3n) is 3.73. The normalized spacial score (nSPS) is 12.3. The van der Waals surface area contributed by atoms with Gasteiger partial charge in [-0.2, -0.15) is 0 Å². The van der Waals surface area contributed by atoms with Crippen LogP contribution in [0.4, 0.5) is 0 Å². The molecule has 1 atom stereocenters. The first-order valence-electron chi connectivity index (χ1n) is 8.71. The van der Waals surface area contributed by atoms with Gasteiger partial charge in [-0.05, 0) is 32.1 Å². The number of carbonyl (C=O) groups is 1. The molecule has 0 aliphatic heterocycles. The number of rotatable bonds is 15. The summed E-state index contributed by atoms with van der Waals surface area (Å²) in [5.74, 6) is -0.689. The minimum absolute atomic E-state index is 0. The van der Waals surface area contributed by atoms with Crippen LogP contribution in [0.15, 0.2) is 12.2 Å². The summed E-state index contributed by atoms with van der Waals surface area (Å²) in [7, 11) is 0. The Hall–Kier alpha value is -0.233. The van der Waals surface area contributed by atoms with Gasteiger partial charge in [0, 0.05) is 25.3 Å². The van der Waals surface area contributed by atoms with Crippen molar-refractivity contribution in [3.05, 3.63) is 12.2 Å². The summed E-state index contributed by atoms with van der Waals surface area (Å²) in [5, 5.41) is 18.3. The minimum atomic E-state index is -0.689. The number of carboxylic acid groups (broad SMARTS) is 1. The zero-order valence-electron chi connectivity index (χ0n) is 14.7. The van der Waals surface area contributed by atoms with Crippen LogP contribution < -0.4 is 0 Å². The van der Waals surface area contributed by atoms with Crippen LogP contribution in [-0.2, 0) is 4.79 Å². The predicted molar refractivity (Wildman–Crippen MR) is 94.2 cm³/mol. The fraction of sp³-hybridized carbons (Fsp3) is 0.833. The maximum absolute atomic E-state index is 10.3. The molecule has 22 heavy (non-hydrogen) atoms. The molecule has 0 bridgehead atoms. The molecule has 0 unspecified atom stereocenters. The molecule has 2 N–H and O–H groups in total. The van der Waals surface area contributed by atoms with Gasteiger partial charge >= 0.3 is 5.97 Å². The van der Waals surface area contributed by atoms with Crippen molar-refractivity contribution >= 4 is 24.8 Å². The fourth-order valence-electron chi connectivity index (χ4n) is 2.36. The third kappa shape index (κ3) is 19.8. The molecular formula is C18H34LiO3. The van der Waals surface area contributed by atoms with Gasteiger partial charge in [0.1, 0.15) is 0 Å². The average Bonchev–Trinajstić information content (AvgIpc) is 2.45. The molecule has 0 saturated heterocycles. The van der Waals surface area contributed by atoms with E-state index in [0.29, 0.717) is 6.42 Å². The molecule has 0 aliphatic rings. The van der Waals surface area contributed by atoms with Crippen molar-refractivity contribution in [3.8, 4) is 0 Å². The molecule has 4 heteroatoms. The van der Waals surface area contributed by atoms with Crippen LogP contribution in [0.3, 0.4) is 0 Å². The maximum Gasteiger partial charge on any atom is 0.303 e. The molecule has 0 amide bonds. The molecule has 0 aliphatic carbocycles. The molecular weight excluding hydrogens is 271 g/mol. The quantitative estimate of drug-likeness (QED) is 0.262. The second-order valence-electron chi connectivity index (χ2n) is 5.91. The Labute approximate surface area is 148 Å². The summed E-state index contributed by atoms with van der Waals surface area (Å²) < 4.78 is 0. The van der Waals surface area contributed by atoms with Crippen molar-refractivity contribution in [1.82, 2.24) is 0 Å². The van der Waals surface area contributed by atoms with E-state index in [9.17, 15) is 9.90 Å². The van der Waals surface area contributed by atoms with Crippen molar-refractivity contribution in [2.24, 2.45) is 0 Å². The molecule has 3 nitrogen and oxygen atoms in total. The summed E-state index contributed by atoms with van der Waals surface area (Å²) in [6, 6.07) is 0. The monoisotopic (exact) mass is 305 g/mol. The number of aliphatic hydroxyl groups excluding tert-OH is 1. The van der Waals surface area contributed by atoms with Gasteiger partial charge in [0.15, 0.2) is 0 Å². The van der Waals surface area contributed by atoms with E-state index >= 15 is 0 Å². The van der Waals surface area contributed by atoms with Crippen molar-refractivity contribution in [3.63, 3.8) is 0 Å². The van der Waals surface area contributed by atoms with Gasteiger partial charge < -0.3 is 10.2 Å². The number of aliphatic hydroxyl groups is 1. The van der Waals surface area contributed by atoms with E-state index in [2.05, 4.69) is 19.1 Å². The Balaban J connectivity index is 0. The van der Waals surface area contributed by atoms with Gasteiger partial charge in [0.25, 0.3) is 0 Å². The first-order chi connectivity index (χ1) is 10.2. The van der Waals surface area contributed by atoms with Crippen LogP contribution >= 0.6 is 0 Å². The minimum Gasteiger partial charge on any atom is -0.481 e. The largest absolute Gasteiger partial charge is 0.481 e. The van der Waals surface area contributed by atoms with Gasteiger partial charge in [0.05, 0.1) is 6.10 Å². The number of carboxylic acids is 1. The summed E-state index contributed by atoms with van der Waals surface area (Å²) in [5.41, 5.74) is 0. The van der Waals surface area contributed by atoms with E-state index in [1.165, 1.54) is 25.7 Å². The van der Waals surface area contributed by atoms with Gasteiger partial charge in [-0.15, -0.1) is 0 Å². The number of allylic oxidation sites excluding steroid dienone is 1. The fourth-order valence-corrected chi connectivity index (χ4v) is 2.36. The predicted octanol–water partition coefficient (Wildman–Crippen LogP) is 4.70. The molecule has 0 aromatic heterocycles. The molecule has 125 valence electrons. The van der Waals surface area contributed by atoms with Crippen LogP contribution in [-0.4, -0.2) is 41.1 Å². The maximum atomic E-state index is 10.3. The van der Waals surface area contributed by atoms with Gasteiger partial charge in [0.2, 0.25) is 0 Å². The van der Waals surface area contributed by atoms with Crippen molar-refractivity contribution in [2.75, 3.05) is 0 Å². The first kappa shape index (κ1) is 24.0. The third-order valence-corrected chi connectivity index (χ3v) is 3.73. The van der Waals surface area contributed by atoms with Crippen molar-refractivity contribution in [1.29, 1.82) is 0 Å². The Morgan fingerprint density at radius 2 is 1.59 bits per heavy atom. The molecule has 0 heterocycles. The number of hydrogen-bond acceptors (Lipinski definition) is 2. The summed E-state index contributed by atoms with van der Waals surface area (Å²) >= 11 is 0. The van der Waals surface area contributed by atoms with E-state index < -0.39 is 5.97 Å². The van der Waals surface area contributed by atoms with Crippen LogP contribution in [0.5, 0.6) is 0 Å². The zero-order valence-corrected chi connectivity index (χ0v) is 14.7. The second kappa shape index (κ2) is 18.8. The molecule has 0 spiro atoms. The van der Waals surface area contributed by atoms with Crippen molar-refractivity contribution < 1.29 is 15.0 Å². The van der Waals surface area contributed by atoms with E-state index in [0.717, 1.165) is 51.4 Å². The second-order valence-corrected chi connectivity index (χ2v) is 5.91. The Bertz CT molecular complexity index is 267. The molecule has 0 saturated carbocycles. The van der Waals surface area contributed by atoms with E-state index in [-0.39, 0.29) is 25.0 Å². The zero-order chi connectivity index (χ0) is 15.8. The summed E-state index contributed by atoms with van der Waals surface area (Å²) in [6.45, 7) is 2.20. The van der Waals surface area contributed by atoms with E-state index in [1.54, 1.807) is 0 Å².